The smallest absolute Gasteiger partial charge is 0.272 e. The van der Waals surface area contributed by atoms with Gasteiger partial charge in [-0.25, -0.2) is 9.37 Å². The molecule has 2 aliphatic heterocycles. The summed E-state index contributed by atoms with van der Waals surface area (Å²) in [6.45, 7) is 8.22. The van der Waals surface area contributed by atoms with Crippen LogP contribution in [-0.2, 0) is 17.9 Å². The van der Waals surface area contributed by atoms with E-state index in [1.54, 1.807) is 4.90 Å². The van der Waals surface area contributed by atoms with Gasteiger partial charge in [0.05, 0.1) is 17.4 Å². The minimum Gasteiger partial charge on any atom is -0.391 e. The molecule has 2 aliphatic rings. The number of likely N-dealkylation sites (tertiary alicyclic amines) is 1. The monoisotopic (exact) mass is 505 g/mol. The Bertz CT molecular complexity index is 1130. The number of β-amino-alcohol motifs (C(OH)–C–C–N with tert-alkyl or cyclic N) is 1. The number of nitrogens with one attached hydrogen (secondary N) is 1. The molecule has 3 heterocycles. The summed E-state index contributed by atoms with van der Waals surface area (Å²) in [5, 5.41) is 13.2. The second-order valence-corrected chi connectivity index (χ2v) is 11.0. The quantitative estimate of drug-likeness (QED) is 0.666. The third-order valence-corrected chi connectivity index (χ3v) is 6.90. The molecular weight excluding hydrogens is 473 g/mol. The van der Waals surface area contributed by atoms with Crippen LogP contribution in [0.3, 0.4) is 0 Å². The van der Waals surface area contributed by atoms with Crippen molar-refractivity contribution in [2.24, 2.45) is 5.41 Å². The standard InChI is InChI=1S/C25H33ClFN5O3/c1-25(2,3)21(24(35)31-11-8-16(33)13-31)29-23(34)20-19-14-30(4)9-5-10-32(19)22(28-20)17-12-15(26)6-7-18(17)27/h6-7,12,16,21,33H,5,8-11,13-14H2,1-4H3,(H,29,34)/t16-,21+/m0/s1. The molecule has 0 saturated carbocycles. The van der Waals surface area contributed by atoms with Gasteiger partial charge in [0.15, 0.2) is 5.69 Å². The lowest BCUT2D eigenvalue weighted by Crippen LogP contribution is -2.54. The Labute approximate surface area is 210 Å². The van der Waals surface area contributed by atoms with E-state index in [1.807, 2.05) is 32.4 Å². The predicted octanol–water partition coefficient (Wildman–Crippen LogP) is 2.92. The van der Waals surface area contributed by atoms with Crippen LogP contribution in [0.4, 0.5) is 4.39 Å². The fourth-order valence-electron chi connectivity index (χ4n) is 4.75. The Morgan fingerprint density at radius 2 is 2.00 bits per heavy atom. The first-order valence-corrected chi connectivity index (χ1v) is 12.3. The summed E-state index contributed by atoms with van der Waals surface area (Å²) in [5.41, 5.74) is 0.511. The molecule has 2 atom stereocenters. The fourth-order valence-corrected chi connectivity index (χ4v) is 4.92. The zero-order valence-corrected chi connectivity index (χ0v) is 21.4. The molecule has 1 fully saturated rings. The van der Waals surface area contributed by atoms with E-state index in [9.17, 15) is 19.1 Å². The zero-order chi connectivity index (χ0) is 25.5. The van der Waals surface area contributed by atoms with Gasteiger partial charge in [0.2, 0.25) is 5.91 Å². The number of carbonyl (C=O) groups is 2. The Morgan fingerprint density at radius 1 is 1.26 bits per heavy atom. The summed E-state index contributed by atoms with van der Waals surface area (Å²) in [6.07, 6.45) is 0.785. The minimum atomic E-state index is -0.812. The second kappa shape index (κ2) is 9.87. The summed E-state index contributed by atoms with van der Waals surface area (Å²) in [7, 11) is 1.96. The van der Waals surface area contributed by atoms with Crippen molar-refractivity contribution in [1.82, 2.24) is 24.7 Å². The average molecular weight is 506 g/mol. The van der Waals surface area contributed by atoms with Crippen LogP contribution in [0.1, 0.15) is 49.8 Å². The number of aromatic nitrogens is 2. The number of carbonyl (C=O) groups excluding carboxylic acids is 2. The summed E-state index contributed by atoms with van der Waals surface area (Å²) in [6, 6.07) is 3.47. The Balaban J connectivity index is 1.72. The molecule has 4 rings (SSSR count). The molecule has 2 amide bonds. The molecule has 8 nitrogen and oxygen atoms in total. The number of nitrogens with zero attached hydrogens (tertiary/aromatic N) is 4. The Hall–Kier alpha value is -2.49. The first kappa shape index (κ1) is 25.6. The van der Waals surface area contributed by atoms with Gasteiger partial charge in [0.1, 0.15) is 17.7 Å². The Kier molecular flexibility index (Phi) is 7.22. The number of halogens is 2. The number of aliphatic hydroxyl groups excluding tert-OH is 1. The largest absolute Gasteiger partial charge is 0.391 e. The molecule has 2 N–H and O–H groups in total. The van der Waals surface area contributed by atoms with Crippen molar-refractivity contribution in [3.05, 3.63) is 40.4 Å². The number of amides is 2. The number of fused-ring (bicyclic) bond motifs is 1. The van der Waals surface area contributed by atoms with Gasteiger partial charge in [-0.1, -0.05) is 32.4 Å². The third kappa shape index (κ3) is 5.37. The lowest BCUT2D eigenvalue weighted by molar-refractivity contribution is -0.135. The molecule has 0 unspecified atom stereocenters. The first-order valence-electron chi connectivity index (χ1n) is 12.0. The third-order valence-electron chi connectivity index (χ3n) is 6.66. The van der Waals surface area contributed by atoms with Crippen molar-refractivity contribution in [2.75, 3.05) is 26.7 Å². The lowest BCUT2D eigenvalue weighted by Gasteiger charge is -2.33. The van der Waals surface area contributed by atoms with Gasteiger partial charge in [0, 0.05) is 31.2 Å². The van der Waals surface area contributed by atoms with Crippen molar-refractivity contribution >= 4 is 23.4 Å². The highest BCUT2D eigenvalue weighted by molar-refractivity contribution is 6.30. The van der Waals surface area contributed by atoms with Crippen LogP contribution in [0.15, 0.2) is 18.2 Å². The van der Waals surface area contributed by atoms with Crippen LogP contribution in [0.2, 0.25) is 5.02 Å². The molecule has 1 saturated heterocycles. The average Bonchev–Trinajstić information content (AvgIpc) is 3.31. The lowest BCUT2D eigenvalue weighted by atomic mass is 9.85. The maximum absolute atomic E-state index is 14.8. The van der Waals surface area contributed by atoms with Crippen molar-refractivity contribution in [1.29, 1.82) is 0 Å². The number of aliphatic hydroxyl groups is 1. The van der Waals surface area contributed by atoms with E-state index in [4.69, 9.17) is 11.6 Å². The normalized spacial score (nSPS) is 19.9. The summed E-state index contributed by atoms with van der Waals surface area (Å²) >= 11 is 6.15. The van der Waals surface area contributed by atoms with E-state index < -0.39 is 29.3 Å². The fraction of sp³-hybridized carbons (Fsp3) is 0.560. The highest BCUT2D eigenvalue weighted by atomic mass is 35.5. The zero-order valence-electron chi connectivity index (χ0n) is 20.6. The summed E-state index contributed by atoms with van der Waals surface area (Å²) in [4.78, 5) is 35.2. The number of hydrogen-bond acceptors (Lipinski definition) is 5. The van der Waals surface area contributed by atoms with Crippen LogP contribution in [0.5, 0.6) is 0 Å². The van der Waals surface area contributed by atoms with Gasteiger partial charge in [-0.15, -0.1) is 0 Å². The maximum Gasteiger partial charge on any atom is 0.272 e. The molecule has 1 aromatic carbocycles. The van der Waals surface area contributed by atoms with Gasteiger partial charge < -0.3 is 24.8 Å². The molecule has 35 heavy (non-hydrogen) atoms. The minimum absolute atomic E-state index is 0.177. The molecule has 1 aromatic heterocycles. The van der Waals surface area contributed by atoms with Gasteiger partial charge in [-0.05, 0) is 50.0 Å². The van der Waals surface area contributed by atoms with E-state index in [1.165, 1.54) is 18.2 Å². The molecule has 10 heteroatoms. The highest BCUT2D eigenvalue weighted by Crippen LogP contribution is 2.30. The summed E-state index contributed by atoms with van der Waals surface area (Å²) in [5.74, 6) is -0.833. The second-order valence-electron chi connectivity index (χ2n) is 10.6. The SMILES string of the molecule is CN1CCCn2c(-c3cc(Cl)ccc3F)nc(C(=O)N[C@H](C(=O)N3CC[C@H](O)C3)C(C)(C)C)c2C1. The van der Waals surface area contributed by atoms with Crippen molar-refractivity contribution in [2.45, 2.75) is 58.8 Å². The molecular formula is C25H33ClFN5O3. The van der Waals surface area contributed by atoms with E-state index >= 15 is 0 Å². The van der Waals surface area contributed by atoms with Crippen molar-refractivity contribution in [3.63, 3.8) is 0 Å². The van der Waals surface area contributed by atoms with Gasteiger partial charge in [-0.3, -0.25) is 9.59 Å². The van der Waals surface area contributed by atoms with Gasteiger partial charge >= 0.3 is 0 Å². The van der Waals surface area contributed by atoms with Crippen molar-refractivity contribution < 1.29 is 19.1 Å². The van der Waals surface area contributed by atoms with E-state index in [2.05, 4.69) is 15.2 Å². The number of rotatable bonds is 4. The van der Waals surface area contributed by atoms with Gasteiger partial charge in [0.25, 0.3) is 5.91 Å². The van der Waals surface area contributed by atoms with Crippen LogP contribution in [-0.4, -0.2) is 75.1 Å². The van der Waals surface area contributed by atoms with Crippen LogP contribution >= 0.6 is 11.6 Å². The highest BCUT2D eigenvalue weighted by Gasteiger charge is 2.39. The first-order chi connectivity index (χ1) is 16.5. The van der Waals surface area contributed by atoms with Crippen LogP contribution in [0.25, 0.3) is 11.4 Å². The maximum atomic E-state index is 14.8. The number of imidazole rings is 1. The van der Waals surface area contributed by atoms with E-state index in [-0.39, 0.29) is 23.7 Å². The Morgan fingerprint density at radius 3 is 2.66 bits per heavy atom. The molecule has 0 bridgehead atoms. The topological polar surface area (TPSA) is 90.7 Å². The molecule has 2 aromatic rings. The van der Waals surface area contributed by atoms with Crippen molar-refractivity contribution in [3.8, 4) is 11.4 Å². The molecule has 0 aliphatic carbocycles. The van der Waals surface area contributed by atoms with Gasteiger partial charge in [-0.2, -0.15) is 0 Å². The summed E-state index contributed by atoms with van der Waals surface area (Å²) < 4.78 is 16.7. The number of benzene rings is 1. The van der Waals surface area contributed by atoms with Crippen LogP contribution < -0.4 is 5.32 Å². The number of hydrogen-bond donors (Lipinski definition) is 2. The van der Waals surface area contributed by atoms with E-state index in [0.29, 0.717) is 42.6 Å². The molecule has 0 spiro atoms. The molecule has 190 valence electrons. The predicted molar refractivity (Wildman–Crippen MR) is 131 cm³/mol. The molecule has 0 radical (unpaired) electrons. The van der Waals surface area contributed by atoms with E-state index in [0.717, 1.165) is 13.0 Å². The van der Waals surface area contributed by atoms with Crippen LogP contribution in [0, 0.1) is 11.2 Å².